The topological polar surface area (TPSA) is 58.1 Å². The molecular formula is C18H22N4O. The molecule has 1 fully saturated rings. The predicted octanol–water partition coefficient (Wildman–Crippen LogP) is 2.30. The molecule has 23 heavy (non-hydrogen) atoms. The van der Waals surface area contributed by atoms with Crippen molar-refractivity contribution in [3.8, 4) is 0 Å². The second-order valence-electron chi connectivity index (χ2n) is 6.05. The molecule has 1 saturated carbocycles. The average Bonchev–Trinajstić information content (AvgIpc) is 3.43. The van der Waals surface area contributed by atoms with Crippen LogP contribution in [0.5, 0.6) is 0 Å². The Morgan fingerprint density at radius 1 is 1.26 bits per heavy atom. The second kappa shape index (κ2) is 7.22. The molecule has 0 bridgehead atoms. The lowest BCUT2D eigenvalue weighted by Gasteiger charge is -2.17. The van der Waals surface area contributed by atoms with Gasteiger partial charge in [-0.3, -0.25) is 4.79 Å². The quantitative estimate of drug-likeness (QED) is 0.852. The fourth-order valence-electron chi connectivity index (χ4n) is 2.35. The van der Waals surface area contributed by atoms with Gasteiger partial charge in [0.2, 0.25) is 5.95 Å². The number of anilines is 1. The number of likely N-dealkylation sites (N-methyl/N-ethyl adjacent to an activating group) is 1. The monoisotopic (exact) mass is 310 g/mol. The van der Waals surface area contributed by atoms with E-state index < -0.39 is 0 Å². The average molecular weight is 310 g/mol. The normalized spacial score (nSPS) is 13.6. The van der Waals surface area contributed by atoms with Crippen LogP contribution in [0.3, 0.4) is 0 Å². The highest BCUT2D eigenvalue weighted by Crippen LogP contribution is 2.27. The number of amides is 1. The highest BCUT2D eigenvalue weighted by atomic mass is 16.1. The van der Waals surface area contributed by atoms with Crippen LogP contribution in [0.1, 0.15) is 28.9 Å². The first-order chi connectivity index (χ1) is 11.2. The van der Waals surface area contributed by atoms with Gasteiger partial charge in [-0.25, -0.2) is 9.97 Å². The van der Waals surface area contributed by atoms with Crippen molar-refractivity contribution >= 4 is 11.9 Å². The van der Waals surface area contributed by atoms with Gasteiger partial charge in [0, 0.05) is 26.3 Å². The molecule has 5 heteroatoms. The van der Waals surface area contributed by atoms with Crippen LogP contribution in [0.4, 0.5) is 5.95 Å². The van der Waals surface area contributed by atoms with E-state index in [2.05, 4.69) is 27.4 Å². The van der Waals surface area contributed by atoms with Gasteiger partial charge in [-0.15, -0.1) is 0 Å². The molecule has 1 heterocycles. The number of hydrogen-bond acceptors (Lipinski definition) is 4. The van der Waals surface area contributed by atoms with Gasteiger partial charge in [0.25, 0.3) is 5.91 Å². The third-order valence-corrected chi connectivity index (χ3v) is 4.04. The molecule has 1 aliphatic rings. The fraction of sp³-hybridized carbons (Fsp3) is 0.389. The van der Waals surface area contributed by atoms with Gasteiger partial charge in [-0.2, -0.15) is 0 Å². The number of nitrogens with one attached hydrogen (secondary N) is 1. The highest BCUT2D eigenvalue weighted by molar-refractivity contribution is 5.92. The number of rotatable bonds is 7. The number of nitrogens with zero attached hydrogens (tertiary/aromatic N) is 3. The third kappa shape index (κ3) is 4.52. The van der Waals surface area contributed by atoms with Crippen molar-refractivity contribution in [2.45, 2.75) is 19.3 Å². The molecule has 2 aromatic rings. The van der Waals surface area contributed by atoms with E-state index in [-0.39, 0.29) is 5.91 Å². The second-order valence-corrected chi connectivity index (χ2v) is 6.05. The molecule has 0 radical (unpaired) electrons. The van der Waals surface area contributed by atoms with Crippen LogP contribution < -0.4 is 10.2 Å². The van der Waals surface area contributed by atoms with Gasteiger partial charge in [0.1, 0.15) is 5.69 Å². The molecule has 1 aromatic heterocycles. The van der Waals surface area contributed by atoms with Gasteiger partial charge >= 0.3 is 0 Å². The Hall–Kier alpha value is -2.43. The Bertz CT molecular complexity index is 655. The number of carbonyl (C=O) groups excluding carboxylic acids is 1. The van der Waals surface area contributed by atoms with E-state index in [1.807, 2.05) is 30.1 Å². The smallest absolute Gasteiger partial charge is 0.270 e. The van der Waals surface area contributed by atoms with Gasteiger partial charge in [-0.1, -0.05) is 30.3 Å². The zero-order chi connectivity index (χ0) is 16.1. The first kappa shape index (κ1) is 15.5. The van der Waals surface area contributed by atoms with Crippen LogP contribution in [0.15, 0.2) is 42.6 Å². The van der Waals surface area contributed by atoms with Crippen LogP contribution >= 0.6 is 0 Å². The van der Waals surface area contributed by atoms with Crippen LogP contribution in [-0.2, 0) is 6.42 Å². The maximum atomic E-state index is 12.1. The molecule has 1 N–H and O–H groups in total. The summed E-state index contributed by atoms with van der Waals surface area (Å²) in [6.07, 6.45) is 5.00. The van der Waals surface area contributed by atoms with Crippen LogP contribution in [0.25, 0.3) is 0 Å². The molecule has 1 aromatic carbocycles. The Morgan fingerprint density at radius 3 is 2.78 bits per heavy atom. The van der Waals surface area contributed by atoms with Crippen molar-refractivity contribution in [1.82, 2.24) is 15.3 Å². The summed E-state index contributed by atoms with van der Waals surface area (Å²) in [5.41, 5.74) is 1.71. The van der Waals surface area contributed by atoms with Crippen LogP contribution in [0.2, 0.25) is 0 Å². The molecule has 5 nitrogen and oxygen atoms in total. The van der Waals surface area contributed by atoms with Crippen molar-refractivity contribution in [1.29, 1.82) is 0 Å². The van der Waals surface area contributed by atoms with Crippen molar-refractivity contribution in [2.75, 3.05) is 25.0 Å². The molecule has 0 spiro atoms. The first-order valence-corrected chi connectivity index (χ1v) is 8.08. The number of hydrogen-bond donors (Lipinski definition) is 1. The molecule has 0 unspecified atom stereocenters. The summed E-state index contributed by atoms with van der Waals surface area (Å²) < 4.78 is 0. The standard InChI is InChI=1S/C18H22N4O/c1-22(12-10-14-5-3-2-4-6-14)18-19-11-9-16(21-18)17(23)20-13-15-7-8-15/h2-6,9,11,15H,7-8,10,12-13H2,1H3,(H,20,23). The lowest BCUT2D eigenvalue weighted by atomic mass is 10.1. The Morgan fingerprint density at radius 2 is 2.04 bits per heavy atom. The van der Waals surface area contributed by atoms with E-state index in [1.54, 1.807) is 12.3 Å². The van der Waals surface area contributed by atoms with E-state index in [9.17, 15) is 4.79 Å². The minimum atomic E-state index is -0.114. The molecule has 3 rings (SSSR count). The highest BCUT2D eigenvalue weighted by Gasteiger charge is 2.22. The Kier molecular flexibility index (Phi) is 4.86. The van der Waals surface area contributed by atoms with E-state index >= 15 is 0 Å². The van der Waals surface area contributed by atoms with E-state index in [1.165, 1.54) is 18.4 Å². The summed E-state index contributed by atoms with van der Waals surface area (Å²) in [5.74, 6) is 1.13. The zero-order valence-corrected chi connectivity index (χ0v) is 13.4. The van der Waals surface area contributed by atoms with Crippen molar-refractivity contribution in [3.05, 3.63) is 53.9 Å². The largest absolute Gasteiger partial charge is 0.350 e. The summed E-state index contributed by atoms with van der Waals surface area (Å²) in [4.78, 5) is 22.8. The number of benzene rings is 1. The molecule has 0 atom stereocenters. The van der Waals surface area contributed by atoms with Gasteiger partial charge in [-0.05, 0) is 36.8 Å². The lowest BCUT2D eigenvalue weighted by molar-refractivity contribution is 0.0946. The molecule has 1 aliphatic carbocycles. The summed E-state index contributed by atoms with van der Waals surface area (Å²) in [5, 5.41) is 2.94. The minimum absolute atomic E-state index is 0.114. The summed E-state index contributed by atoms with van der Waals surface area (Å²) >= 11 is 0. The van der Waals surface area contributed by atoms with E-state index in [4.69, 9.17) is 0 Å². The molecule has 1 amide bonds. The van der Waals surface area contributed by atoms with E-state index in [0.717, 1.165) is 19.5 Å². The van der Waals surface area contributed by atoms with E-state index in [0.29, 0.717) is 17.6 Å². The third-order valence-electron chi connectivity index (χ3n) is 4.04. The summed E-state index contributed by atoms with van der Waals surface area (Å²) in [6.45, 7) is 1.55. The molecule has 0 saturated heterocycles. The molecule has 120 valence electrons. The first-order valence-electron chi connectivity index (χ1n) is 8.08. The maximum absolute atomic E-state index is 12.1. The Balaban J connectivity index is 1.58. The summed E-state index contributed by atoms with van der Waals surface area (Å²) in [6, 6.07) is 12.0. The fourth-order valence-corrected chi connectivity index (χ4v) is 2.35. The van der Waals surface area contributed by atoms with Crippen molar-refractivity contribution in [2.24, 2.45) is 5.92 Å². The van der Waals surface area contributed by atoms with Gasteiger partial charge in [0.15, 0.2) is 0 Å². The van der Waals surface area contributed by atoms with Crippen LogP contribution in [0, 0.1) is 5.92 Å². The number of carbonyl (C=O) groups is 1. The predicted molar refractivity (Wildman–Crippen MR) is 90.5 cm³/mol. The maximum Gasteiger partial charge on any atom is 0.270 e. The zero-order valence-electron chi connectivity index (χ0n) is 13.4. The Labute approximate surface area is 136 Å². The number of aromatic nitrogens is 2. The van der Waals surface area contributed by atoms with Crippen molar-refractivity contribution in [3.63, 3.8) is 0 Å². The summed E-state index contributed by atoms with van der Waals surface area (Å²) in [7, 11) is 1.95. The SMILES string of the molecule is CN(CCc1ccccc1)c1nccc(C(=O)NCC2CC2)n1. The molecule has 0 aliphatic heterocycles. The van der Waals surface area contributed by atoms with Gasteiger partial charge in [0.05, 0.1) is 0 Å². The van der Waals surface area contributed by atoms with Crippen molar-refractivity contribution < 1.29 is 4.79 Å². The molecular weight excluding hydrogens is 288 g/mol. The minimum Gasteiger partial charge on any atom is -0.350 e. The lowest BCUT2D eigenvalue weighted by Crippen LogP contribution is -2.28. The van der Waals surface area contributed by atoms with Gasteiger partial charge < -0.3 is 10.2 Å². The van der Waals surface area contributed by atoms with Crippen LogP contribution in [-0.4, -0.2) is 36.0 Å².